The molecule has 23 heteroatoms. The highest BCUT2D eigenvalue weighted by atomic mass is 32.1. The summed E-state index contributed by atoms with van der Waals surface area (Å²) in [7, 11) is 0. The zero-order valence-electron chi connectivity index (χ0n) is 31.0. The molecule has 0 spiro atoms. The predicted molar refractivity (Wildman–Crippen MR) is 202 cm³/mol. The minimum atomic E-state index is -4.86. The van der Waals surface area contributed by atoms with Crippen LogP contribution in [0.4, 0.5) is 57.8 Å². The Hall–Kier alpha value is -7.16. The molecule has 2 N–H and O–H groups in total. The first-order chi connectivity index (χ1) is 29.4. The molecular weight excluding hydrogens is 903 g/mol. The Morgan fingerprint density at radius 2 is 1.03 bits per heavy atom. The molecule has 324 valence electrons. The second-order valence-electron chi connectivity index (χ2n) is 12.1. The standard InChI is InChI=1S/C19H9F6N3OS.C11H6F3N3S.C10H6F3NO/c20-18(21,22)12-6-2-1-4-10(12)16-14(9-26)30-15(28-16)8-13(29)11-5-3-7-27-17(11)19(23,24)25;12-11(13,14)7-4-2-1-3-6(7)9-8(5-15)18-10(16)17-9;11-10(12,13)8-4-2-1-3-7(8)9(15)5-6-14/h1-7H,8H2;1-4H,(H2,16,17);1-4H,5H2. The van der Waals surface area contributed by atoms with Crippen LogP contribution in [0.25, 0.3) is 22.5 Å². The van der Waals surface area contributed by atoms with Crippen LogP contribution in [0.5, 0.6) is 0 Å². The zero-order valence-corrected chi connectivity index (χ0v) is 32.6. The Labute approximate surface area is 355 Å². The average Bonchev–Trinajstić information content (AvgIpc) is 3.82. The van der Waals surface area contributed by atoms with E-state index >= 15 is 0 Å². The van der Waals surface area contributed by atoms with Gasteiger partial charge in [0.05, 0.1) is 35.6 Å². The first-order valence-electron chi connectivity index (χ1n) is 16.9. The molecule has 0 bridgehead atoms. The topological polar surface area (TPSA) is 170 Å². The number of carbonyl (C=O) groups excluding carboxylic acids is 2. The van der Waals surface area contributed by atoms with E-state index in [0.29, 0.717) is 11.3 Å². The fourth-order valence-electron chi connectivity index (χ4n) is 5.40. The van der Waals surface area contributed by atoms with Gasteiger partial charge in [0, 0.05) is 28.5 Å². The van der Waals surface area contributed by atoms with Gasteiger partial charge in [-0.1, -0.05) is 65.9 Å². The highest BCUT2D eigenvalue weighted by molar-refractivity contribution is 7.16. The minimum absolute atomic E-state index is 0.0204. The molecule has 0 aliphatic heterocycles. The van der Waals surface area contributed by atoms with Gasteiger partial charge in [0.15, 0.2) is 22.4 Å². The van der Waals surface area contributed by atoms with E-state index < -0.39 is 82.6 Å². The number of anilines is 1. The Morgan fingerprint density at radius 1 is 0.571 bits per heavy atom. The molecule has 3 aromatic carbocycles. The van der Waals surface area contributed by atoms with Crippen molar-refractivity contribution in [3.63, 3.8) is 0 Å². The number of halogens is 12. The van der Waals surface area contributed by atoms with E-state index in [4.69, 9.17) is 16.3 Å². The minimum Gasteiger partial charge on any atom is -0.375 e. The molecule has 0 atom stereocenters. The van der Waals surface area contributed by atoms with Gasteiger partial charge in [-0.25, -0.2) is 9.97 Å². The van der Waals surface area contributed by atoms with Crippen LogP contribution >= 0.6 is 22.7 Å². The van der Waals surface area contributed by atoms with E-state index in [1.165, 1.54) is 48.5 Å². The molecule has 6 aromatic rings. The van der Waals surface area contributed by atoms with E-state index in [9.17, 15) is 67.5 Å². The van der Waals surface area contributed by atoms with Crippen molar-refractivity contribution in [3.05, 3.63) is 139 Å². The second-order valence-corrected chi connectivity index (χ2v) is 14.2. The fourth-order valence-corrected chi connectivity index (χ4v) is 6.91. The number of carbonyl (C=O) groups is 2. The number of hydrogen-bond acceptors (Lipinski definition) is 11. The lowest BCUT2D eigenvalue weighted by Crippen LogP contribution is -2.16. The molecule has 0 fully saturated rings. The summed E-state index contributed by atoms with van der Waals surface area (Å²) in [6, 6.07) is 21.0. The van der Waals surface area contributed by atoms with Gasteiger partial charge in [-0.05, 0) is 30.3 Å². The van der Waals surface area contributed by atoms with Gasteiger partial charge in [-0.15, -0.1) is 11.3 Å². The maximum absolute atomic E-state index is 13.3. The van der Waals surface area contributed by atoms with Crippen molar-refractivity contribution >= 4 is 39.4 Å². The number of rotatable bonds is 7. The van der Waals surface area contributed by atoms with E-state index in [0.717, 1.165) is 60.0 Å². The molecule has 3 heterocycles. The third-order valence-electron chi connectivity index (χ3n) is 7.95. The lowest BCUT2D eigenvalue weighted by molar-refractivity contribution is -0.141. The lowest BCUT2D eigenvalue weighted by atomic mass is 10.0. The number of thiazole rings is 2. The summed E-state index contributed by atoms with van der Waals surface area (Å²) in [5.74, 6) is -1.78. The number of alkyl halides is 12. The van der Waals surface area contributed by atoms with Crippen LogP contribution in [0.3, 0.4) is 0 Å². The molecule has 0 aliphatic carbocycles. The maximum atomic E-state index is 13.3. The van der Waals surface area contributed by atoms with Crippen LogP contribution in [0, 0.1) is 34.0 Å². The normalized spacial score (nSPS) is 11.4. The molecule has 0 amide bonds. The average molecular weight is 924 g/mol. The monoisotopic (exact) mass is 923 g/mol. The lowest BCUT2D eigenvalue weighted by Gasteiger charge is -2.11. The van der Waals surface area contributed by atoms with Crippen LogP contribution in [0.1, 0.15) is 64.3 Å². The highest BCUT2D eigenvalue weighted by Crippen LogP contribution is 2.41. The number of nitrogens with two attached hydrogens (primary N) is 1. The maximum Gasteiger partial charge on any atom is 0.434 e. The summed E-state index contributed by atoms with van der Waals surface area (Å²) in [5.41, 5.74) is -0.696. The molecule has 9 nitrogen and oxygen atoms in total. The third-order valence-corrected chi connectivity index (χ3v) is 9.70. The van der Waals surface area contributed by atoms with E-state index in [-0.39, 0.29) is 42.4 Å². The molecule has 0 aliphatic rings. The molecule has 6 rings (SSSR count). The van der Waals surface area contributed by atoms with Crippen LogP contribution in [0.15, 0.2) is 91.1 Å². The SMILES string of the molecule is N#CCC(=O)c1ccccc1C(F)(F)F.N#Cc1sc(CC(=O)c2cccnc2C(F)(F)F)nc1-c1ccccc1C(F)(F)F.N#Cc1sc(N)nc1-c1ccccc1C(F)(F)F. The van der Waals surface area contributed by atoms with Crippen molar-refractivity contribution in [2.24, 2.45) is 0 Å². The predicted octanol–water partition coefficient (Wildman–Crippen LogP) is 11.6. The molecular formula is C40H21F12N7O2S2. The summed E-state index contributed by atoms with van der Waals surface area (Å²) >= 11 is 1.51. The second kappa shape index (κ2) is 19.7. The van der Waals surface area contributed by atoms with Crippen LogP contribution < -0.4 is 5.73 Å². The Kier molecular flexibility index (Phi) is 15.2. The smallest absolute Gasteiger partial charge is 0.375 e. The van der Waals surface area contributed by atoms with Crippen LogP contribution in [-0.4, -0.2) is 26.5 Å². The quantitative estimate of drug-likeness (QED) is 0.121. The molecule has 63 heavy (non-hydrogen) atoms. The van der Waals surface area contributed by atoms with Crippen molar-refractivity contribution in [1.82, 2.24) is 15.0 Å². The number of nitrogens with zero attached hydrogens (tertiary/aromatic N) is 6. The number of hydrogen-bond donors (Lipinski definition) is 1. The Morgan fingerprint density at radius 3 is 1.52 bits per heavy atom. The number of Topliss-reactive ketones (excluding diaryl/α,β-unsaturated/α-hetero) is 2. The van der Waals surface area contributed by atoms with Gasteiger partial charge in [-0.3, -0.25) is 14.6 Å². The molecule has 0 saturated heterocycles. The number of benzene rings is 3. The van der Waals surface area contributed by atoms with Gasteiger partial charge >= 0.3 is 24.7 Å². The number of ketones is 2. The largest absolute Gasteiger partial charge is 0.434 e. The van der Waals surface area contributed by atoms with Crippen molar-refractivity contribution in [3.8, 4) is 40.7 Å². The molecule has 0 saturated carbocycles. The highest BCUT2D eigenvalue weighted by Gasteiger charge is 2.39. The molecule has 0 unspecified atom stereocenters. The summed E-state index contributed by atoms with van der Waals surface area (Å²) in [5, 5.41) is 26.4. The summed E-state index contributed by atoms with van der Waals surface area (Å²) in [6.45, 7) is 0. The summed E-state index contributed by atoms with van der Waals surface area (Å²) in [4.78, 5) is 34.4. The summed E-state index contributed by atoms with van der Waals surface area (Å²) in [6.07, 6.45) is -18.9. The first kappa shape index (κ1) is 48.5. The Bertz CT molecular complexity index is 2750. The van der Waals surface area contributed by atoms with E-state index in [2.05, 4.69) is 15.0 Å². The van der Waals surface area contributed by atoms with Crippen LogP contribution in [0.2, 0.25) is 0 Å². The number of nitrogen functional groups attached to an aromatic ring is 1. The van der Waals surface area contributed by atoms with E-state index in [1.54, 1.807) is 12.1 Å². The summed E-state index contributed by atoms with van der Waals surface area (Å²) < 4.78 is 155. The van der Waals surface area contributed by atoms with Gasteiger partial charge in [-0.2, -0.15) is 68.5 Å². The van der Waals surface area contributed by atoms with Gasteiger partial charge in [0.1, 0.15) is 38.3 Å². The molecule has 3 aromatic heterocycles. The zero-order chi connectivity index (χ0) is 46.9. The van der Waals surface area contributed by atoms with E-state index in [1.807, 2.05) is 0 Å². The number of pyridine rings is 1. The van der Waals surface area contributed by atoms with Crippen molar-refractivity contribution in [1.29, 1.82) is 15.8 Å². The van der Waals surface area contributed by atoms with Gasteiger partial charge in [0.25, 0.3) is 0 Å². The fraction of sp³-hybridized carbons (Fsp3) is 0.150. The third kappa shape index (κ3) is 12.2. The van der Waals surface area contributed by atoms with Crippen LogP contribution in [-0.2, 0) is 31.1 Å². The van der Waals surface area contributed by atoms with Gasteiger partial charge in [0.2, 0.25) is 0 Å². The first-order valence-corrected chi connectivity index (χ1v) is 18.6. The molecule has 0 radical (unpaired) electrons. The number of aromatic nitrogens is 3. The Balaban J connectivity index is 0.000000225. The van der Waals surface area contributed by atoms with Crippen molar-refractivity contribution in [2.45, 2.75) is 37.5 Å². The van der Waals surface area contributed by atoms with Gasteiger partial charge < -0.3 is 5.73 Å². The van der Waals surface area contributed by atoms with Crippen molar-refractivity contribution in [2.75, 3.05) is 5.73 Å². The van der Waals surface area contributed by atoms with Crippen molar-refractivity contribution < 1.29 is 62.3 Å². The number of nitriles is 3.